The number of rotatable bonds is 4. The van der Waals surface area contributed by atoms with Gasteiger partial charge in [0.05, 0.1) is 5.69 Å². The highest BCUT2D eigenvalue weighted by atomic mass is 19.1. The van der Waals surface area contributed by atoms with Crippen molar-refractivity contribution in [1.82, 2.24) is 5.32 Å². The number of nitrogens with one attached hydrogen (secondary N) is 2. The summed E-state index contributed by atoms with van der Waals surface area (Å²) in [5, 5.41) is 4.68. The molecule has 0 aliphatic carbocycles. The van der Waals surface area contributed by atoms with E-state index in [1.54, 1.807) is 12.1 Å². The molecule has 1 heterocycles. The van der Waals surface area contributed by atoms with E-state index in [1.807, 2.05) is 0 Å². The Labute approximate surface area is 159 Å². The number of halogens is 3. The van der Waals surface area contributed by atoms with Gasteiger partial charge in [-0.3, -0.25) is 9.59 Å². The van der Waals surface area contributed by atoms with E-state index in [4.69, 9.17) is 4.74 Å². The molecule has 2 aromatic carbocycles. The van der Waals surface area contributed by atoms with E-state index in [9.17, 15) is 22.8 Å². The van der Waals surface area contributed by atoms with Crippen LogP contribution in [0.5, 0.6) is 0 Å². The monoisotopic (exact) mass is 392 g/mol. The van der Waals surface area contributed by atoms with Crippen molar-refractivity contribution in [3.63, 3.8) is 0 Å². The van der Waals surface area contributed by atoms with Crippen molar-refractivity contribution in [2.75, 3.05) is 25.1 Å². The Bertz CT molecular complexity index is 865. The van der Waals surface area contributed by atoms with E-state index in [-0.39, 0.29) is 18.0 Å². The lowest BCUT2D eigenvalue weighted by molar-refractivity contribution is -0.136. The molecule has 2 N–H and O–H groups in total. The van der Waals surface area contributed by atoms with Crippen LogP contribution in [0.4, 0.5) is 18.9 Å². The normalized spacial score (nSPS) is 15.7. The number of hydrogen-bond acceptors (Lipinski definition) is 3. The van der Waals surface area contributed by atoms with Crippen molar-refractivity contribution < 1.29 is 27.5 Å². The quantitative estimate of drug-likeness (QED) is 0.787. The molecule has 2 amide bonds. The van der Waals surface area contributed by atoms with Gasteiger partial charge in [0, 0.05) is 31.2 Å². The number of ether oxygens (including phenoxy) is 1. The molecule has 0 aromatic heterocycles. The third kappa shape index (κ3) is 4.51. The molecule has 8 heteroatoms. The van der Waals surface area contributed by atoms with E-state index in [0.29, 0.717) is 32.1 Å². The first-order valence-electron chi connectivity index (χ1n) is 8.78. The zero-order chi connectivity index (χ0) is 20.1. The van der Waals surface area contributed by atoms with Gasteiger partial charge in [0.1, 0.15) is 17.5 Å². The second kappa shape index (κ2) is 8.43. The van der Waals surface area contributed by atoms with Gasteiger partial charge in [-0.1, -0.05) is 12.1 Å². The second-order valence-corrected chi connectivity index (χ2v) is 6.66. The van der Waals surface area contributed by atoms with Gasteiger partial charge in [-0.05, 0) is 42.7 Å². The maximum absolute atomic E-state index is 13.6. The van der Waals surface area contributed by atoms with Crippen LogP contribution in [0.2, 0.25) is 0 Å². The molecule has 1 aliphatic heterocycles. The Morgan fingerprint density at radius 1 is 0.929 bits per heavy atom. The van der Waals surface area contributed by atoms with Crippen molar-refractivity contribution in [2.45, 2.75) is 18.3 Å². The number of amides is 2. The van der Waals surface area contributed by atoms with Crippen molar-refractivity contribution in [3.8, 4) is 0 Å². The molecular weight excluding hydrogens is 373 g/mol. The van der Waals surface area contributed by atoms with Gasteiger partial charge in [0.2, 0.25) is 0 Å². The summed E-state index contributed by atoms with van der Waals surface area (Å²) in [7, 11) is 0. The molecule has 0 saturated carbocycles. The van der Waals surface area contributed by atoms with Crippen LogP contribution < -0.4 is 10.6 Å². The molecule has 0 atom stereocenters. The summed E-state index contributed by atoms with van der Waals surface area (Å²) < 4.78 is 45.2. The minimum Gasteiger partial charge on any atom is -0.381 e. The van der Waals surface area contributed by atoms with Crippen LogP contribution in [0.3, 0.4) is 0 Å². The average molecular weight is 392 g/mol. The Hall–Kier alpha value is -2.87. The molecule has 28 heavy (non-hydrogen) atoms. The van der Waals surface area contributed by atoms with Gasteiger partial charge in [0.15, 0.2) is 0 Å². The van der Waals surface area contributed by atoms with E-state index < -0.39 is 28.9 Å². The number of carbonyl (C=O) groups excluding carboxylic acids is 2. The van der Waals surface area contributed by atoms with Crippen molar-refractivity contribution >= 4 is 17.5 Å². The van der Waals surface area contributed by atoms with Crippen molar-refractivity contribution in [3.05, 3.63) is 65.5 Å². The lowest BCUT2D eigenvalue weighted by Gasteiger charge is -2.37. The highest BCUT2D eigenvalue weighted by Crippen LogP contribution is 2.34. The molecule has 0 radical (unpaired) electrons. The fourth-order valence-corrected chi connectivity index (χ4v) is 3.23. The smallest absolute Gasteiger partial charge is 0.313 e. The van der Waals surface area contributed by atoms with Gasteiger partial charge in [-0.2, -0.15) is 0 Å². The van der Waals surface area contributed by atoms with E-state index in [1.165, 1.54) is 12.1 Å². The largest absolute Gasteiger partial charge is 0.381 e. The van der Waals surface area contributed by atoms with Crippen LogP contribution in [0, 0.1) is 17.5 Å². The third-order valence-electron chi connectivity index (χ3n) is 4.88. The molecule has 5 nitrogen and oxygen atoms in total. The SMILES string of the molecule is O=C(NCC1(c2ccc(F)cc2)CCOCC1)C(=O)Nc1ccc(F)cc1F. The minimum absolute atomic E-state index is 0.139. The molecule has 1 saturated heterocycles. The molecule has 2 aromatic rings. The summed E-state index contributed by atoms with van der Waals surface area (Å²) in [5.41, 5.74) is 0.0478. The second-order valence-electron chi connectivity index (χ2n) is 6.66. The molecule has 3 rings (SSSR count). The zero-order valence-corrected chi connectivity index (χ0v) is 14.9. The number of benzene rings is 2. The first-order valence-corrected chi connectivity index (χ1v) is 8.78. The molecule has 148 valence electrons. The molecule has 0 bridgehead atoms. The van der Waals surface area contributed by atoms with Gasteiger partial charge >= 0.3 is 11.8 Å². The predicted octanol–water partition coefficient (Wildman–Crippen LogP) is 2.91. The summed E-state index contributed by atoms with van der Waals surface area (Å²) in [5.74, 6) is -4.15. The molecule has 0 spiro atoms. The maximum Gasteiger partial charge on any atom is 0.313 e. The van der Waals surface area contributed by atoms with Crippen LogP contribution in [0.15, 0.2) is 42.5 Å². The summed E-state index contributed by atoms with van der Waals surface area (Å²) in [6.07, 6.45) is 1.18. The first kappa shape index (κ1) is 19.9. The number of anilines is 1. The van der Waals surface area contributed by atoms with E-state index >= 15 is 0 Å². The third-order valence-corrected chi connectivity index (χ3v) is 4.88. The highest BCUT2D eigenvalue weighted by molar-refractivity contribution is 6.39. The lowest BCUT2D eigenvalue weighted by atomic mass is 9.74. The van der Waals surface area contributed by atoms with Gasteiger partial charge in [0.25, 0.3) is 0 Å². The van der Waals surface area contributed by atoms with Gasteiger partial charge in [-0.15, -0.1) is 0 Å². The van der Waals surface area contributed by atoms with Gasteiger partial charge < -0.3 is 15.4 Å². The zero-order valence-electron chi connectivity index (χ0n) is 14.9. The standard InChI is InChI=1S/C20H19F3N2O3/c21-14-3-1-13(2-4-14)20(7-9-28-10-8-20)12-24-18(26)19(27)25-17-6-5-15(22)11-16(17)23/h1-6,11H,7-10,12H2,(H,24,26)(H,25,27). The molecule has 1 fully saturated rings. The van der Waals surface area contributed by atoms with Crippen molar-refractivity contribution in [2.24, 2.45) is 0 Å². The topological polar surface area (TPSA) is 67.4 Å². The van der Waals surface area contributed by atoms with Crippen LogP contribution in [0.25, 0.3) is 0 Å². The van der Waals surface area contributed by atoms with Crippen LogP contribution in [-0.2, 0) is 19.7 Å². The molecule has 1 aliphatic rings. The van der Waals surface area contributed by atoms with Crippen LogP contribution >= 0.6 is 0 Å². The lowest BCUT2D eigenvalue weighted by Crippen LogP contribution is -2.47. The average Bonchev–Trinajstić information content (AvgIpc) is 2.69. The molecule has 0 unspecified atom stereocenters. The van der Waals surface area contributed by atoms with E-state index in [2.05, 4.69) is 10.6 Å². The number of carbonyl (C=O) groups is 2. The minimum atomic E-state index is -1.06. The Morgan fingerprint density at radius 2 is 1.57 bits per heavy atom. The van der Waals surface area contributed by atoms with Gasteiger partial charge in [-0.25, -0.2) is 13.2 Å². The molecular formula is C20H19F3N2O3. The highest BCUT2D eigenvalue weighted by Gasteiger charge is 2.35. The Balaban J connectivity index is 1.68. The number of hydrogen-bond donors (Lipinski definition) is 2. The summed E-state index contributed by atoms with van der Waals surface area (Å²) in [4.78, 5) is 24.2. The predicted molar refractivity (Wildman–Crippen MR) is 96.1 cm³/mol. The van der Waals surface area contributed by atoms with Crippen LogP contribution in [0.1, 0.15) is 18.4 Å². The summed E-state index contributed by atoms with van der Waals surface area (Å²) in [6, 6.07) is 8.62. The summed E-state index contributed by atoms with van der Waals surface area (Å²) in [6.45, 7) is 1.08. The fraction of sp³-hybridized carbons (Fsp3) is 0.300. The summed E-state index contributed by atoms with van der Waals surface area (Å²) >= 11 is 0. The first-order chi connectivity index (χ1) is 13.4. The van der Waals surface area contributed by atoms with E-state index in [0.717, 1.165) is 17.7 Å². The Morgan fingerprint density at radius 3 is 2.21 bits per heavy atom. The van der Waals surface area contributed by atoms with Crippen LogP contribution in [-0.4, -0.2) is 31.6 Å². The van der Waals surface area contributed by atoms with Crippen molar-refractivity contribution in [1.29, 1.82) is 0 Å². The maximum atomic E-state index is 13.6. The Kier molecular flexibility index (Phi) is 5.99. The fourth-order valence-electron chi connectivity index (χ4n) is 3.23.